The Bertz CT molecular complexity index is 526. The average molecular weight is 383 g/mol. The molecule has 2 amide bonds. The summed E-state index contributed by atoms with van der Waals surface area (Å²) in [6.45, 7) is 12.7. The Morgan fingerprint density at radius 2 is 1.74 bits per heavy atom. The SMILES string of the molecule is CCN1CCN(CCCN2CC3(CCN(C(=O)[C@@H](C)O)CC3)OC2=O)CC1. The summed E-state index contributed by atoms with van der Waals surface area (Å²) in [5, 5.41) is 9.46. The highest BCUT2D eigenvalue weighted by Gasteiger charge is 2.47. The van der Waals surface area contributed by atoms with E-state index in [-0.39, 0.29) is 12.0 Å². The van der Waals surface area contributed by atoms with Gasteiger partial charge < -0.3 is 29.4 Å². The van der Waals surface area contributed by atoms with Gasteiger partial charge in [0.05, 0.1) is 6.54 Å². The van der Waals surface area contributed by atoms with Crippen LogP contribution in [0.25, 0.3) is 0 Å². The highest BCUT2D eigenvalue weighted by molar-refractivity contribution is 5.80. The van der Waals surface area contributed by atoms with Crippen molar-refractivity contribution in [2.75, 3.05) is 65.4 Å². The fourth-order valence-electron chi connectivity index (χ4n) is 4.34. The molecule has 0 aliphatic carbocycles. The first-order chi connectivity index (χ1) is 12.9. The van der Waals surface area contributed by atoms with E-state index in [0.717, 1.165) is 52.2 Å². The third-order valence-corrected chi connectivity index (χ3v) is 6.20. The van der Waals surface area contributed by atoms with Gasteiger partial charge in [-0.2, -0.15) is 0 Å². The maximum atomic E-state index is 12.3. The van der Waals surface area contributed by atoms with E-state index in [1.807, 2.05) is 4.90 Å². The Morgan fingerprint density at radius 3 is 2.33 bits per heavy atom. The second-order valence-electron chi connectivity index (χ2n) is 8.10. The lowest BCUT2D eigenvalue weighted by Crippen LogP contribution is -2.50. The van der Waals surface area contributed by atoms with Crippen molar-refractivity contribution in [2.24, 2.45) is 0 Å². The second kappa shape index (κ2) is 8.75. The van der Waals surface area contributed by atoms with Gasteiger partial charge >= 0.3 is 6.09 Å². The zero-order valence-electron chi connectivity index (χ0n) is 16.7. The van der Waals surface area contributed by atoms with E-state index in [2.05, 4.69) is 16.7 Å². The van der Waals surface area contributed by atoms with Crippen LogP contribution in [0.2, 0.25) is 0 Å². The van der Waals surface area contributed by atoms with Crippen LogP contribution in [0.1, 0.15) is 33.1 Å². The van der Waals surface area contributed by atoms with Gasteiger partial charge in [0.25, 0.3) is 5.91 Å². The van der Waals surface area contributed by atoms with Gasteiger partial charge in [-0.1, -0.05) is 6.92 Å². The Kier molecular flexibility index (Phi) is 6.60. The van der Waals surface area contributed by atoms with Crippen LogP contribution < -0.4 is 0 Å². The van der Waals surface area contributed by atoms with Crippen molar-refractivity contribution in [3.63, 3.8) is 0 Å². The van der Waals surface area contributed by atoms with Crippen molar-refractivity contribution in [1.82, 2.24) is 19.6 Å². The third-order valence-electron chi connectivity index (χ3n) is 6.20. The van der Waals surface area contributed by atoms with Gasteiger partial charge in [0, 0.05) is 58.7 Å². The molecular formula is C19H34N4O4. The number of hydrogen-bond acceptors (Lipinski definition) is 6. The molecule has 8 heteroatoms. The summed E-state index contributed by atoms with van der Waals surface area (Å²) in [5.41, 5.74) is -0.459. The smallest absolute Gasteiger partial charge is 0.410 e. The molecular weight excluding hydrogens is 348 g/mol. The Balaban J connectivity index is 1.40. The Morgan fingerprint density at radius 1 is 1.11 bits per heavy atom. The van der Waals surface area contributed by atoms with E-state index >= 15 is 0 Å². The van der Waals surface area contributed by atoms with Crippen molar-refractivity contribution in [3.05, 3.63) is 0 Å². The highest BCUT2D eigenvalue weighted by atomic mass is 16.6. The topological polar surface area (TPSA) is 76.6 Å². The van der Waals surface area contributed by atoms with Crippen LogP contribution in [0.3, 0.4) is 0 Å². The lowest BCUT2D eigenvalue weighted by Gasteiger charge is -2.37. The molecule has 0 aromatic rings. The van der Waals surface area contributed by atoms with Crippen LogP contribution >= 0.6 is 0 Å². The third kappa shape index (κ3) is 4.92. The molecule has 3 rings (SSSR count). The molecule has 0 aromatic heterocycles. The number of piperazine rings is 1. The largest absolute Gasteiger partial charge is 0.441 e. The summed E-state index contributed by atoms with van der Waals surface area (Å²) < 4.78 is 5.73. The molecule has 0 saturated carbocycles. The average Bonchev–Trinajstić information content (AvgIpc) is 2.97. The van der Waals surface area contributed by atoms with Gasteiger partial charge in [0.2, 0.25) is 0 Å². The minimum Gasteiger partial charge on any atom is -0.441 e. The Labute approximate surface area is 162 Å². The maximum absolute atomic E-state index is 12.3. The van der Waals surface area contributed by atoms with E-state index < -0.39 is 11.7 Å². The number of carbonyl (C=O) groups is 2. The predicted octanol–water partition coefficient (Wildman–Crippen LogP) is 0.208. The monoisotopic (exact) mass is 382 g/mol. The maximum Gasteiger partial charge on any atom is 0.410 e. The van der Waals surface area contributed by atoms with E-state index in [9.17, 15) is 14.7 Å². The molecule has 1 atom stereocenters. The van der Waals surface area contributed by atoms with Crippen LogP contribution in [0, 0.1) is 0 Å². The second-order valence-corrected chi connectivity index (χ2v) is 8.10. The summed E-state index contributed by atoms with van der Waals surface area (Å²) >= 11 is 0. The molecule has 3 heterocycles. The fraction of sp³-hybridized carbons (Fsp3) is 0.895. The molecule has 0 bridgehead atoms. The number of hydrogen-bond donors (Lipinski definition) is 1. The number of likely N-dealkylation sites (N-methyl/N-ethyl adjacent to an activating group) is 1. The minimum atomic E-state index is -0.971. The van der Waals surface area contributed by atoms with Gasteiger partial charge in [-0.05, 0) is 26.4 Å². The zero-order chi connectivity index (χ0) is 19.4. The van der Waals surface area contributed by atoms with Gasteiger partial charge in [0.15, 0.2) is 0 Å². The molecule has 3 saturated heterocycles. The van der Waals surface area contributed by atoms with Gasteiger partial charge in [-0.3, -0.25) is 4.79 Å². The molecule has 8 nitrogen and oxygen atoms in total. The van der Waals surface area contributed by atoms with Crippen molar-refractivity contribution in [3.8, 4) is 0 Å². The lowest BCUT2D eigenvalue weighted by atomic mass is 9.91. The molecule has 0 unspecified atom stereocenters. The number of carbonyl (C=O) groups excluding carboxylic acids is 2. The molecule has 27 heavy (non-hydrogen) atoms. The minimum absolute atomic E-state index is 0.221. The van der Waals surface area contributed by atoms with Gasteiger partial charge in [-0.15, -0.1) is 0 Å². The molecule has 154 valence electrons. The van der Waals surface area contributed by atoms with Crippen LogP contribution in [0.15, 0.2) is 0 Å². The lowest BCUT2D eigenvalue weighted by molar-refractivity contribution is -0.142. The van der Waals surface area contributed by atoms with E-state index in [1.54, 1.807) is 4.90 Å². The van der Waals surface area contributed by atoms with E-state index in [1.165, 1.54) is 6.92 Å². The fourth-order valence-corrected chi connectivity index (χ4v) is 4.34. The number of nitrogens with zero attached hydrogens (tertiary/aromatic N) is 4. The molecule has 0 radical (unpaired) electrons. The number of rotatable bonds is 6. The summed E-state index contributed by atoms with van der Waals surface area (Å²) in [7, 11) is 0. The van der Waals surface area contributed by atoms with Crippen LogP contribution in [-0.4, -0.2) is 114 Å². The Hall–Kier alpha value is -1.38. The summed E-state index contributed by atoms with van der Waals surface area (Å²) in [6.07, 6.45) is 1.06. The van der Waals surface area contributed by atoms with E-state index in [0.29, 0.717) is 32.5 Å². The van der Waals surface area contributed by atoms with Crippen LogP contribution in [-0.2, 0) is 9.53 Å². The molecule has 3 fully saturated rings. The molecule has 1 spiro atoms. The first kappa shape index (κ1) is 20.4. The van der Waals surface area contributed by atoms with Crippen molar-refractivity contribution >= 4 is 12.0 Å². The first-order valence-electron chi connectivity index (χ1n) is 10.3. The van der Waals surface area contributed by atoms with E-state index in [4.69, 9.17) is 4.74 Å². The zero-order valence-corrected chi connectivity index (χ0v) is 16.7. The standard InChI is InChI=1S/C19H34N4O4/c1-3-20-11-13-21(14-12-20)7-4-8-23-15-19(27-18(23)26)5-9-22(10-6-19)17(25)16(2)24/h16,24H,3-15H2,1-2H3/t16-/m1/s1. The number of aliphatic hydroxyl groups is 1. The number of piperidine rings is 1. The number of likely N-dealkylation sites (tertiary alicyclic amines) is 1. The molecule has 1 N–H and O–H groups in total. The number of ether oxygens (including phenoxy) is 1. The van der Waals surface area contributed by atoms with Gasteiger partial charge in [0.1, 0.15) is 11.7 Å². The van der Waals surface area contributed by atoms with Crippen LogP contribution in [0.4, 0.5) is 4.79 Å². The van der Waals surface area contributed by atoms with Crippen molar-refractivity contribution in [1.29, 1.82) is 0 Å². The normalized spacial score (nSPS) is 25.1. The molecule has 3 aliphatic heterocycles. The summed E-state index contributed by atoms with van der Waals surface area (Å²) in [6, 6.07) is 0. The van der Waals surface area contributed by atoms with Crippen LogP contribution in [0.5, 0.6) is 0 Å². The summed E-state index contributed by atoms with van der Waals surface area (Å²) in [4.78, 5) is 32.6. The quantitative estimate of drug-likeness (QED) is 0.708. The highest BCUT2D eigenvalue weighted by Crippen LogP contribution is 2.33. The molecule has 3 aliphatic rings. The number of amides is 2. The summed E-state index contributed by atoms with van der Waals surface area (Å²) in [5.74, 6) is -0.241. The van der Waals surface area contributed by atoms with Crippen molar-refractivity contribution in [2.45, 2.75) is 44.8 Å². The van der Waals surface area contributed by atoms with Gasteiger partial charge in [-0.25, -0.2) is 4.79 Å². The van der Waals surface area contributed by atoms with Crippen molar-refractivity contribution < 1.29 is 19.4 Å². The molecule has 0 aromatic carbocycles. The number of aliphatic hydroxyl groups excluding tert-OH is 1. The first-order valence-corrected chi connectivity index (χ1v) is 10.3. The predicted molar refractivity (Wildman–Crippen MR) is 101 cm³/mol.